The summed E-state index contributed by atoms with van der Waals surface area (Å²) < 4.78 is 5.72. The Bertz CT molecular complexity index is 728. The van der Waals surface area contributed by atoms with Gasteiger partial charge < -0.3 is 10.1 Å². The van der Waals surface area contributed by atoms with E-state index in [2.05, 4.69) is 33.2 Å². The van der Waals surface area contributed by atoms with Crippen molar-refractivity contribution in [2.75, 3.05) is 7.11 Å². The van der Waals surface area contributed by atoms with E-state index in [-0.39, 0.29) is 5.91 Å². The second-order valence-corrected chi connectivity index (χ2v) is 7.25. The number of thiazole rings is 1. The number of amides is 1. The third kappa shape index (κ3) is 4.42. The lowest BCUT2D eigenvalue weighted by Crippen LogP contribution is -2.34. The average molecular weight is 411 g/mol. The zero-order chi connectivity index (χ0) is 17.7. The topological polar surface area (TPSA) is 68.3 Å². The first kappa shape index (κ1) is 18.6. The zero-order valence-corrected chi connectivity index (χ0v) is 16.2. The number of ether oxygens (including phenoxy) is 1. The number of aromatic nitrogens is 1. The molecule has 7 heteroatoms. The van der Waals surface area contributed by atoms with Crippen molar-refractivity contribution in [3.63, 3.8) is 0 Å². The van der Waals surface area contributed by atoms with Gasteiger partial charge in [-0.15, -0.1) is 11.3 Å². The third-order valence-corrected chi connectivity index (χ3v) is 5.17. The summed E-state index contributed by atoms with van der Waals surface area (Å²) in [5.41, 5.74) is 1.34. The van der Waals surface area contributed by atoms with Crippen LogP contribution in [0.2, 0.25) is 0 Å². The highest BCUT2D eigenvalue weighted by molar-refractivity contribution is 9.10. The maximum Gasteiger partial charge on any atom is 0.333 e. The normalized spacial score (nSPS) is 11.8. The van der Waals surface area contributed by atoms with E-state index in [1.165, 1.54) is 18.4 Å². The molecule has 24 heavy (non-hydrogen) atoms. The Balaban J connectivity index is 2.24. The first-order chi connectivity index (χ1) is 11.5. The summed E-state index contributed by atoms with van der Waals surface area (Å²) in [5.74, 6) is -0.827. The molecule has 5 nitrogen and oxygen atoms in total. The molecule has 1 aromatic heterocycles. The molecule has 0 spiro atoms. The van der Waals surface area contributed by atoms with Crippen LogP contribution in [0.15, 0.2) is 28.7 Å². The molecule has 1 heterocycles. The molecule has 2 aromatic rings. The molecule has 0 saturated heterocycles. The van der Waals surface area contributed by atoms with Gasteiger partial charge in [-0.3, -0.25) is 4.79 Å². The second kappa shape index (κ2) is 8.39. The largest absolute Gasteiger partial charge is 0.467 e. The number of rotatable bonds is 6. The fourth-order valence-corrected chi connectivity index (χ4v) is 3.57. The maximum absolute atomic E-state index is 12.6. The smallest absolute Gasteiger partial charge is 0.333 e. The van der Waals surface area contributed by atoms with Gasteiger partial charge in [0.1, 0.15) is 4.88 Å². The van der Waals surface area contributed by atoms with Gasteiger partial charge in [-0.25, -0.2) is 9.78 Å². The lowest BCUT2D eigenvalue weighted by atomic mass is 10.1. The number of carbonyl (C=O) groups excluding carboxylic acids is 2. The van der Waals surface area contributed by atoms with Gasteiger partial charge in [0.2, 0.25) is 0 Å². The van der Waals surface area contributed by atoms with Crippen molar-refractivity contribution in [3.05, 3.63) is 49.9 Å². The first-order valence-corrected chi connectivity index (χ1v) is 9.17. The standard InChI is InChI=1S/C17H19BrN2O3S/c1-4-5-13-19-10(2)15(24-13)16(21)20-14(17(22)23-3)11-6-8-12(18)9-7-11/h6-9,14H,4-5H2,1-3H3,(H,20,21). The van der Waals surface area contributed by atoms with Gasteiger partial charge in [0.25, 0.3) is 5.91 Å². The van der Waals surface area contributed by atoms with Crippen molar-refractivity contribution in [3.8, 4) is 0 Å². The molecule has 0 fully saturated rings. The molecule has 0 aliphatic carbocycles. The van der Waals surface area contributed by atoms with Gasteiger partial charge in [-0.05, 0) is 37.5 Å². The molecule has 2 rings (SSSR count). The Morgan fingerprint density at radius 2 is 2.00 bits per heavy atom. The molecule has 0 saturated carbocycles. The summed E-state index contributed by atoms with van der Waals surface area (Å²) in [6.45, 7) is 3.87. The highest BCUT2D eigenvalue weighted by Gasteiger charge is 2.26. The summed E-state index contributed by atoms with van der Waals surface area (Å²) in [7, 11) is 1.30. The fourth-order valence-electron chi connectivity index (χ4n) is 2.23. The number of hydrogen-bond acceptors (Lipinski definition) is 5. The van der Waals surface area contributed by atoms with E-state index in [1.54, 1.807) is 19.1 Å². The van der Waals surface area contributed by atoms with Crippen LogP contribution in [0.4, 0.5) is 0 Å². The molecule has 0 aliphatic heterocycles. The molecule has 0 bridgehead atoms. The lowest BCUT2D eigenvalue weighted by Gasteiger charge is -2.16. The van der Waals surface area contributed by atoms with E-state index in [1.807, 2.05) is 12.1 Å². The Morgan fingerprint density at radius 1 is 1.33 bits per heavy atom. The third-order valence-electron chi connectivity index (χ3n) is 3.43. The Morgan fingerprint density at radius 3 is 2.58 bits per heavy atom. The molecule has 1 unspecified atom stereocenters. The van der Waals surface area contributed by atoms with Gasteiger partial charge in [0.15, 0.2) is 6.04 Å². The van der Waals surface area contributed by atoms with Crippen molar-refractivity contribution < 1.29 is 14.3 Å². The lowest BCUT2D eigenvalue weighted by molar-refractivity contribution is -0.143. The van der Waals surface area contributed by atoms with Crippen molar-refractivity contribution in [1.29, 1.82) is 0 Å². The summed E-state index contributed by atoms with van der Waals surface area (Å²) in [5, 5.41) is 3.69. The van der Waals surface area contributed by atoms with E-state index < -0.39 is 12.0 Å². The van der Waals surface area contributed by atoms with Crippen LogP contribution >= 0.6 is 27.3 Å². The number of esters is 1. The van der Waals surface area contributed by atoms with Crippen molar-refractivity contribution in [2.45, 2.75) is 32.7 Å². The number of carbonyl (C=O) groups is 2. The highest BCUT2D eigenvalue weighted by atomic mass is 79.9. The van der Waals surface area contributed by atoms with Crippen LogP contribution in [0.25, 0.3) is 0 Å². The minimum atomic E-state index is -0.855. The van der Waals surface area contributed by atoms with E-state index >= 15 is 0 Å². The number of benzene rings is 1. The Hall–Kier alpha value is -1.73. The van der Waals surface area contributed by atoms with E-state index in [9.17, 15) is 9.59 Å². The summed E-state index contributed by atoms with van der Waals surface area (Å²) in [6, 6.07) is 6.32. The molecule has 1 amide bonds. The number of methoxy groups -OCH3 is 1. The molecule has 0 aliphatic rings. The molecule has 128 valence electrons. The SMILES string of the molecule is CCCc1nc(C)c(C(=O)NC(C(=O)OC)c2ccc(Br)cc2)s1. The van der Waals surface area contributed by atoms with Crippen LogP contribution < -0.4 is 5.32 Å². The average Bonchev–Trinajstić information content (AvgIpc) is 2.93. The number of aryl methyl sites for hydroxylation is 2. The molecule has 1 N–H and O–H groups in total. The van der Waals surface area contributed by atoms with Gasteiger partial charge in [-0.2, -0.15) is 0 Å². The number of nitrogens with zero attached hydrogens (tertiary/aromatic N) is 1. The number of hydrogen-bond donors (Lipinski definition) is 1. The molecular formula is C17H19BrN2O3S. The van der Waals surface area contributed by atoms with Crippen LogP contribution in [0, 0.1) is 6.92 Å². The quantitative estimate of drug-likeness (QED) is 0.734. The Labute approximate surface area is 153 Å². The number of nitrogens with one attached hydrogen (secondary N) is 1. The van der Waals surface area contributed by atoms with Gasteiger partial charge >= 0.3 is 5.97 Å². The minimum absolute atomic E-state index is 0.314. The molecule has 1 atom stereocenters. The Kier molecular flexibility index (Phi) is 6.51. The van der Waals surface area contributed by atoms with E-state index in [0.29, 0.717) is 16.1 Å². The van der Waals surface area contributed by atoms with Crippen molar-refractivity contribution >= 4 is 39.1 Å². The first-order valence-electron chi connectivity index (χ1n) is 7.56. The second-order valence-electron chi connectivity index (χ2n) is 5.25. The van der Waals surface area contributed by atoms with Crippen LogP contribution in [-0.2, 0) is 16.0 Å². The summed E-state index contributed by atoms with van der Waals surface area (Å²) >= 11 is 4.72. The summed E-state index contributed by atoms with van der Waals surface area (Å²) in [4.78, 5) is 29.6. The maximum atomic E-state index is 12.6. The highest BCUT2D eigenvalue weighted by Crippen LogP contribution is 2.22. The number of halogens is 1. The van der Waals surface area contributed by atoms with Gasteiger partial charge in [0, 0.05) is 4.47 Å². The van der Waals surface area contributed by atoms with E-state index in [4.69, 9.17) is 4.74 Å². The summed E-state index contributed by atoms with van der Waals surface area (Å²) in [6.07, 6.45) is 1.81. The van der Waals surface area contributed by atoms with Crippen molar-refractivity contribution in [2.24, 2.45) is 0 Å². The van der Waals surface area contributed by atoms with Gasteiger partial charge in [-0.1, -0.05) is 35.0 Å². The fraction of sp³-hybridized carbons (Fsp3) is 0.353. The van der Waals surface area contributed by atoms with Crippen LogP contribution in [0.1, 0.15) is 45.3 Å². The van der Waals surface area contributed by atoms with Gasteiger partial charge in [0.05, 0.1) is 17.8 Å². The van der Waals surface area contributed by atoms with Crippen LogP contribution in [0.5, 0.6) is 0 Å². The predicted octanol–water partition coefficient (Wildman–Crippen LogP) is 3.81. The monoisotopic (exact) mass is 410 g/mol. The van der Waals surface area contributed by atoms with Crippen LogP contribution in [-0.4, -0.2) is 24.0 Å². The predicted molar refractivity (Wildman–Crippen MR) is 97.2 cm³/mol. The zero-order valence-electron chi connectivity index (χ0n) is 13.8. The van der Waals surface area contributed by atoms with E-state index in [0.717, 1.165) is 22.3 Å². The minimum Gasteiger partial charge on any atom is -0.467 e. The van der Waals surface area contributed by atoms with Crippen LogP contribution in [0.3, 0.4) is 0 Å². The molecule has 1 aromatic carbocycles. The molecule has 0 radical (unpaired) electrons. The van der Waals surface area contributed by atoms with Crippen molar-refractivity contribution in [1.82, 2.24) is 10.3 Å². The molecular weight excluding hydrogens is 392 g/mol.